The molecule has 3 aromatic heterocycles. The molecule has 1 aliphatic heterocycles. The van der Waals surface area contributed by atoms with Gasteiger partial charge in [-0.1, -0.05) is 12.1 Å². The third-order valence-corrected chi connectivity index (χ3v) is 7.36. The van der Waals surface area contributed by atoms with E-state index >= 15 is 0 Å². The zero-order valence-electron chi connectivity index (χ0n) is 21.7. The molecule has 11 nitrogen and oxygen atoms in total. The summed E-state index contributed by atoms with van der Waals surface area (Å²) in [5, 5.41) is 39.4. The number of hydrogen-bond acceptors (Lipinski definition) is 8. The van der Waals surface area contributed by atoms with E-state index in [1.54, 1.807) is 47.2 Å². The van der Waals surface area contributed by atoms with Crippen LogP contribution in [0.5, 0.6) is 11.5 Å². The molecule has 3 N–H and O–H groups in total. The molecule has 0 spiro atoms. The number of phenolic OH excluding ortho intramolecular Hbond substituents is 2. The van der Waals surface area contributed by atoms with Crippen LogP contribution in [0.2, 0.25) is 0 Å². The molecule has 1 atom stereocenters. The summed E-state index contributed by atoms with van der Waals surface area (Å²) in [6.45, 7) is 1.68. The first kappa shape index (κ1) is 25.8. The van der Waals surface area contributed by atoms with Gasteiger partial charge in [-0.15, -0.1) is 0 Å². The normalized spacial score (nSPS) is 15.2. The van der Waals surface area contributed by atoms with Gasteiger partial charge in [0.15, 0.2) is 5.65 Å². The molecule has 5 aromatic rings. The van der Waals surface area contributed by atoms with Gasteiger partial charge in [-0.2, -0.15) is 5.26 Å². The molecule has 1 aliphatic rings. The third-order valence-electron chi connectivity index (χ3n) is 7.36. The fourth-order valence-corrected chi connectivity index (χ4v) is 5.40. The number of nitrogens with zero attached hydrogens (tertiary/aromatic N) is 6. The van der Waals surface area contributed by atoms with E-state index in [-0.39, 0.29) is 34.4 Å². The van der Waals surface area contributed by atoms with Gasteiger partial charge in [0.05, 0.1) is 34.1 Å². The van der Waals surface area contributed by atoms with Gasteiger partial charge in [0.1, 0.15) is 17.6 Å². The van der Waals surface area contributed by atoms with E-state index in [1.165, 1.54) is 35.0 Å². The molecule has 1 unspecified atom stereocenters. The van der Waals surface area contributed by atoms with Crippen LogP contribution in [0.25, 0.3) is 28.0 Å². The van der Waals surface area contributed by atoms with E-state index in [0.29, 0.717) is 59.7 Å². The zero-order valence-corrected chi connectivity index (χ0v) is 21.7. The summed E-state index contributed by atoms with van der Waals surface area (Å²) in [7, 11) is 0. The minimum atomic E-state index is -1.01. The number of imidazole rings is 1. The fourth-order valence-electron chi connectivity index (χ4n) is 5.40. The molecule has 11 heteroatoms. The summed E-state index contributed by atoms with van der Waals surface area (Å²) in [5.74, 6) is -1.26. The lowest BCUT2D eigenvalue weighted by Gasteiger charge is -2.16. The minimum absolute atomic E-state index is 0.118. The van der Waals surface area contributed by atoms with Crippen molar-refractivity contribution in [2.24, 2.45) is 0 Å². The highest BCUT2D eigenvalue weighted by Gasteiger charge is 2.29. The lowest BCUT2D eigenvalue weighted by atomic mass is 10.0. The number of aromatic nitrogens is 4. The van der Waals surface area contributed by atoms with Crippen LogP contribution in [0.3, 0.4) is 0 Å². The molecule has 0 radical (unpaired) electrons. The predicted molar refractivity (Wildman–Crippen MR) is 149 cm³/mol. The Labute approximate surface area is 233 Å². The van der Waals surface area contributed by atoms with E-state index in [2.05, 4.69) is 14.9 Å². The van der Waals surface area contributed by atoms with Crippen molar-refractivity contribution in [3.05, 3.63) is 100 Å². The Balaban J connectivity index is 1.33. The zero-order chi connectivity index (χ0) is 28.7. The average Bonchev–Trinajstić information content (AvgIpc) is 3.54. The fraction of sp³-hybridized carbons (Fsp3) is 0.167. The predicted octanol–water partition coefficient (Wildman–Crippen LogP) is 3.68. The van der Waals surface area contributed by atoms with Crippen molar-refractivity contribution in [2.75, 3.05) is 13.1 Å². The second-order valence-electron chi connectivity index (χ2n) is 9.90. The lowest BCUT2D eigenvalue weighted by molar-refractivity contribution is 0.0696. The van der Waals surface area contributed by atoms with Crippen molar-refractivity contribution < 1.29 is 20.1 Å². The van der Waals surface area contributed by atoms with E-state index < -0.39 is 5.97 Å². The molecular formula is C30H24N6O5. The first-order valence-electron chi connectivity index (χ1n) is 12.9. The summed E-state index contributed by atoms with van der Waals surface area (Å²) < 4.78 is 3.10. The number of aromatic carboxylic acids is 1. The second kappa shape index (κ2) is 10.3. The number of aromatic hydroxyl groups is 2. The third kappa shape index (κ3) is 4.66. The molecular weight excluding hydrogens is 524 g/mol. The summed E-state index contributed by atoms with van der Waals surface area (Å²) >= 11 is 0. The highest BCUT2D eigenvalue weighted by atomic mass is 16.4. The monoisotopic (exact) mass is 548 g/mol. The molecule has 204 valence electrons. The number of fused-ring (bicyclic) bond motifs is 1. The number of carboxylic acid groups (broad SMARTS) is 1. The summed E-state index contributed by atoms with van der Waals surface area (Å²) in [4.78, 5) is 36.2. The number of rotatable bonds is 6. The number of hydrogen-bond donors (Lipinski definition) is 3. The maximum absolute atomic E-state index is 13.9. The van der Waals surface area contributed by atoms with Crippen molar-refractivity contribution in [3.63, 3.8) is 0 Å². The standard InChI is InChI=1S/C30H24N6O5/c31-15-21-12-18(4-6-26(21)37)19-3-5-24(27(38)14-19)36-25-2-1-9-33-28(25)35(30(36)41)23-8-11-34(17-23)16-22-13-20(29(39)40)7-10-32-22/h1-7,9-10,12-14,23,37-38H,8,11,16-17H2,(H,39,40). The van der Waals surface area contributed by atoms with Gasteiger partial charge in [0, 0.05) is 32.0 Å². The van der Waals surface area contributed by atoms with Crippen LogP contribution in [0.1, 0.15) is 34.1 Å². The van der Waals surface area contributed by atoms with Crippen LogP contribution >= 0.6 is 0 Å². The smallest absolute Gasteiger partial charge is 0.335 e. The van der Waals surface area contributed by atoms with Crippen molar-refractivity contribution in [3.8, 4) is 34.4 Å². The quantitative estimate of drug-likeness (QED) is 0.288. The lowest BCUT2D eigenvalue weighted by Crippen LogP contribution is -2.29. The van der Waals surface area contributed by atoms with E-state index in [4.69, 9.17) is 0 Å². The average molecular weight is 549 g/mol. The molecule has 4 heterocycles. The van der Waals surface area contributed by atoms with E-state index in [0.717, 1.165) is 0 Å². The van der Waals surface area contributed by atoms with Gasteiger partial charge >= 0.3 is 11.7 Å². The van der Waals surface area contributed by atoms with Crippen molar-refractivity contribution in [1.29, 1.82) is 5.26 Å². The van der Waals surface area contributed by atoms with Crippen LogP contribution < -0.4 is 5.69 Å². The number of phenols is 2. The van der Waals surface area contributed by atoms with Crippen LogP contribution in [0.15, 0.2) is 77.9 Å². The van der Waals surface area contributed by atoms with Gasteiger partial charge < -0.3 is 15.3 Å². The summed E-state index contributed by atoms with van der Waals surface area (Å²) in [6, 6.07) is 17.8. The second-order valence-corrected chi connectivity index (χ2v) is 9.90. The largest absolute Gasteiger partial charge is 0.507 e. The summed E-state index contributed by atoms with van der Waals surface area (Å²) in [6.07, 6.45) is 3.79. The van der Waals surface area contributed by atoms with Crippen LogP contribution in [0, 0.1) is 11.3 Å². The Bertz CT molecular complexity index is 1920. The number of nitriles is 1. The maximum Gasteiger partial charge on any atom is 0.335 e. The number of benzene rings is 2. The first-order valence-corrected chi connectivity index (χ1v) is 12.9. The summed E-state index contributed by atoms with van der Waals surface area (Å²) in [5.41, 5.74) is 3.18. The number of likely N-dealkylation sites (tertiary alicyclic amines) is 1. The molecule has 0 bridgehead atoms. The molecule has 0 amide bonds. The number of carboxylic acids is 1. The van der Waals surface area contributed by atoms with Crippen LogP contribution in [-0.4, -0.2) is 58.4 Å². The van der Waals surface area contributed by atoms with Gasteiger partial charge in [0.25, 0.3) is 0 Å². The molecule has 41 heavy (non-hydrogen) atoms. The molecule has 0 aliphatic carbocycles. The number of carbonyl (C=O) groups is 1. The minimum Gasteiger partial charge on any atom is -0.507 e. The molecule has 1 saturated heterocycles. The molecule has 0 saturated carbocycles. The van der Waals surface area contributed by atoms with Gasteiger partial charge in [0.2, 0.25) is 0 Å². The molecule has 2 aromatic carbocycles. The molecule has 1 fully saturated rings. The van der Waals surface area contributed by atoms with E-state index in [1.807, 2.05) is 6.07 Å². The SMILES string of the molecule is N#Cc1cc(-c2ccc(-n3c(=O)n(C4CCN(Cc5cc(C(=O)O)ccn5)C4)c4ncccc43)c(O)c2)ccc1O. The van der Waals surface area contributed by atoms with E-state index in [9.17, 15) is 30.2 Å². The van der Waals surface area contributed by atoms with Gasteiger partial charge in [-0.25, -0.2) is 14.6 Å². The first-order chi connectivity index (χ1) is 19.8. The Morgan fingerprint density at radius 1 is 1.00 bits per heavy atom. The van der Waals surface area contributed by atoms with Crippen molar-refractivity contribution >= 4 is 17.1 Å². The highest BCUT2D eigenvalue weighted by molar-refractivity contribution is 5.87. The maximum atomic E-state index is 13.9. The van der Waals surface area contributed by atoms with Crippen LogP contribution in [0.4, 0.5) is 0 Å². The van der Waals surface area contributed by atoms with Crippen molar-refractivity contribution in [2.45, 2.75) is 19.0 Å². The molecule has 6 rings (SSSR count). The Morgan fingerprint density at radius 3 is 2.59 bits per heavy atom. The highest BCUT2D eigenvalue weighted by Crippen LogP contribution is 2.33. The van der Waals surface area contributed by atoms with Crippen LogP contribution in [-0.2, 0) is 6.54 Å². The Morgan fingerprint density at radius 2 is 1.80 bits per heavy atom. The Hall–Kier alpha value is -5.47. The topological polar surface area (TPSA) is 158 Å². The van der Waals surface area contributed by atoms with Gasteiger partial charge in [-0.3, -0.25) is 19.0 Å². The Kier molecular flexibility index (Phi) is 6.45. The number of pyridine rings is 2. The van der Waals surface area contributed by atoms with Gasteiger partial charge in [-0.05, 0) is 66.1 Å². The van der Waals surface area contributed by atoms with Crippen molar-refractivity contribution in [1.82, 2.24) is 24.0 Å².